The fourth-order valence-electron chi connectivity index (χ4n) is 1.78. The van der Waals surface area contributed by atoms with Gasteiger partial charge >= 0.3 is 0 Å². The number of pyridine rings is 1. The minimum atomic E-state index is 0.927. The van der Waals surface area contributed by atoms with E-state index in [0.717, 1.165) is 36.6 Å². The molecule has 0 atom stereocenters. The molecule has 0 unspecified atom stereocenters. The van der Waals surface area contributed by atoms with Crippen LogP contribution < -0.4 is 10.2 Å². The zero-order chi connectivity index (χ0) is 12.7. The van der Waals surface area contributed by atoms with Crippen molar-refractivity contribution in [3.05, 3.63) is 36.5 Å². The van der Waals surface area contributed by atoms with Crippen molar-refractivity contribution in [3.8, 4) is 0 Å². The Balaban J connectivity index is 3.09. The lowest BCUT2D eigenvalue weighted by Gasteiger charge is -2.24. The van der Waals surface area contributed by atoms with Crippen LogP contribution in [0.2, 0.25) is 0 Å². The van der Waals surface area contributed by atoms with Gasteiger partial charge in [-0.05, 0) is 25.6 Å². The van der Waals surface area contributed by atoms with E-state index in [2.05, 4.69) is 35.3 Å². The Morgan fingerprint density at radius 2 is 2.18 bits per heavy atom. The summed E-state index contributed by atoms with van der Waals surface area (Å²) >= 11 is 0. The highest BCUT2D eigenvalue weighted by molar-refractivity contribution is 5.72. The maximum absolute atomic E-state index is 4.46. The van der Waals surface area contributed by atoms with Crippen LogP contribution >= 0.6 is 0 Å². The Morgan fingerprint density at radius 3 is 2.71 bits per heavy atom. The second kappa shape index (κ2) is 6.86. The smallest absolute Gasteiger partial charge is 0.136 e. The fraction of sp³-hybridized carbons (Fsp3) is 0.357. The van der Waals surface area contributed by atoms with Gasteiger partial charge in [-0.25, -0.2) is 4.98 Å². The van der Waals surface area contributed by atoms with Crippen LogP contribution in [0, 0.1) is 0 Å². The predicted octanol–water partition coefficient (Wildman–Crippen LogP) is 2.41. The zero-order valence-electron chi connectivity index (χ0n) is 10.7. The molecule has 1 aromatic heterocycles. The molecule has 0 aliphatic rings. The van der Waals surface area contributed by atoms with Gasteiger partial charge in [0.2, 0.25) is 0 Å². The van der Waals surface area contributed by atoms with Gasteiger partial charge in [-0.1, -0.05) is 25.3 Å². The maximum Gasteiger partial charge on any atom is 0.136 e. The highest BCUT2D eigenvalue weighted by Crippen LogP contribution is 2.23. The Bertz CT molecular complexity index is 385. The molecule has 17 heavy (non-hydrogen) atoms. The molecule has 1 aromatic rings. The quantitative estimate of drug-likeness (QED) is 0.781. The summed E-state index contributed by atoms with van der Waals surface area (Å²) in [5.74, 6) is 0.982. The Hall–Kier alpha value is -1.61. The third-order valence-electron chi connectivity index (χ3n) is 2.74. The fourth-order valence-corrected chi connectivity index (χ4v) is 1.78. The first kappa shape index (κ1) is 13.5. The molecule has 0 aliphatic carbocycles. The van der Waals surface area contributed by atoms with Crippen molar-refractivity contribution in [2.24, 2.45) is 0 Å². The first-order chi connectivity index (χ1) is 8.28. The number of hydrogen-bond donors (Lipinski definition) is 1. The second-order valence-corrected chi connectivity index (χ2v) is 3.73. The molecule has 0 radical (unpaired) electrons. The first-order valence-corrected chi connectivity index (χ1v) is 5.91. The number of nitrogens with zero attached hydrogens (tertiary/aromatic N) is 2. The Morgan fingerprint density at radius 1 is 1.41 bits per heavy atom. The van der Waals surface area contributed by atoms with Crippen molar-refractivity contribution in [2.45, 2.75) is 6.92 Å². The summed E-state index contributed by atoms with van der Waals surface area (Å²) in [6.07, 6.45) is 5.51. The minimum absolute atomic E-state index is 0.927. The Kier molecular flexibility index (Phi) is 5.43. The lowest BCUT2D eigenvalue weighted by molar-refractivity contribution is 0.729. The summed E-state index contributed by atoms with van der Waals surface area (Å²) in [5, 5.41) is 3.15. The van der Waals surface area contributed by atoms with Gasteiger partial charge in [0.1, 0.15) is 5.82 Å². The Labute approximate surface area is 104 Å². The van der Waals surface area contributed by atoms with Crippen LogP contribution in [0.15, 0.2) is 25.4 Å². The standard InChI is InChI=1S/C14H21N3/c1-5-12-8-9-16-14(13(12)6-2)17(7-3)11-10-15-4/h5-6,8-9,15H,1-2,7,10-11H2,3-4H3. The summed E-state index contributed by atoms with van der Waals surface area (Å²) in [4.78, 5) is 6.70. The average Bonchev–Trinajstić information content (AvgIpc) is 2.39. The number of likely N-dealkylation sites (N-methyl/N-ethyl adjacent to an activating group) is 2. The molecule has 0 fully saturated rings. The number of anilines is 1. The summed E-state index contributed by atoms with van der Waals surface area (Å²) in [6.45, 7) is 12.6. The highest BCUT2D eigenvalue weighted by atomic mass is 15.2. The normalized spacial score (nSPS) is 10.0. The molecule has 0 saturated carbocycles. The van der Waals surface area contributed by atoms with E-state index < -0.39 is 0 Å². The monoisotopic (exact) mass is 231 g/mol. The average molecular weight is 231 g/mol. The SMILES string of the molecule is C=Cc1ccnc(N(CC)CCNC)c1C=C. The highest BCUT2D eigenvalue weighted by Gasteiger charge is 2.11. The van der Waals surface area contributed by atoms with Gasteiger partial charge < -0.3 is 10.2 Å². The molecule has 0 saturated heterocycles. The molecule has 0 aromatic carbocycles. The largest absolute Gasteiger partial charge is 0.355 e. The van der Waals surface area contributed by atoms with E-state index in [1.165, 1.54) is 0 Å². The molecule has 0 spiro atoms. The second-order valence-electron chi connectivity index (χ2n) is 3.73. The van der Waals surface area contributed by atoms with E-state index in [1.807, 2.05) is 31.5 Å². The molecule has 1 N–H and O–H groups in total. The maximum atomic E-state index is 4.46. The minimum Gasteiger partial charge on any atom is -0.355 e. The van der Waals surface area contributed by atoms with Gasteiger partial charge in [0.15, 0.2) is 0 Å². The van der Waals surface area contributed by atoms with Gasteiger partial charge in [0, 0.05) is 31.4 Å². The van der Waals surface area contributed by atoms with Crippen molar-refractivity contribution in [1.29, 1.82) is 0 Å². The topological polar surface area (TPSA) is 28.2 Å². The zero-order valence-corrected chi connectivity index (χ0v) is 10.7. The van der Waals surface area contributed by atoms with Gasteiger partial charge in [-0.3, -0.25) is 0 Å². The third kappa shape index (κ3) is 3.17. The molecule has 3 nitrogen and oxygen atoms in total. The van der Waals surface area contributed by atoms with E-state index in [0.29, 0.717) is 0 Å². The molecule has 0 bridgehead atoms. The van der Waals surface area contributed by atoms with Gasteiger partial charge in [0.25, 0.3) is 0 Å². The van der Waals surface area contributed by atoms with Crippen LogP contribution in [-0.4, -0.2) is 31.7 Å². The van der Waals surface area contributed by atoms with Crippen molar-refractivity contribution >= 4 is 18.0 Å². The van der Waals surface area contributed by atoms with Crippen LogP contribution in [0.4, 0.5) is 5.82 Å². The molecule has 1 rings (SSSR count). The van der Waals surface area contributed by atoms with Crippen LogP contribution in [-0.2, 0) is 0 Å². The number of rotatable bonds is 7. The first-order valence-electron chi connectivity index (χ1n) is 5.91. The van der Waals surface area contributed by atoms with Crippen LogP contribution in [0.3, 0.4) is 0 Å². The van der Waals surface area contributed by atoms with Gasteiger partial charge in [0.05, 0.1) is 0 Å². The molecule has 3 heteroatoms. The molecular formula is C14H21N3. The van der Waals surface area contributed by atoms with Crippen LogP contribution in [0.25, 0.3) is 12.2 Å². The van der Waals surface area contributed by atoms with Crippen molar-refractivity contribution in [2.75, 3.05) is 31.6 Å². The molecule has 0 aliphatic heterocycles. The lowest BCUT2D eigenvalue weighted by Crippen LogP contribution is -2.31. The summed E-state index contributed by atoms with van der Waals surface area (Å²) in [7, 11) is 1.95. The van der Waals surface area contributed by atoms with Gasteiger partial charge in [-0.15, -0.1) is 0 Å². The van der Waals surface area contributed by atoms with E-state index in [1.54, 1.807) is 0 Å². The van der Waals surface area contributed by atoms with Crippen LogP contribution in [0.1, 0.15) is 18.1 Å². The molecule has 1 heterocycles. The summed E-state index contributed by atoms with van der Waals surface area (Å²) in [6, 6.07) is 1.96. The predicted molar refractivity (Wildman–Crippen MR) is 76.2 cm³/mol. The van der Waals surface area contributed by atoms with Gasteiger partial charge in [-0.2, -0.15) is 0 Å². The van der Waals surface area contributed by atoms with Crippen LogP contribution in [0.5, 0.6) is 0 Å². The lowest BCUT2D eigenvalue weighted by atomic mass is 10.1. The number of aromatic nitrogens is 1. The summed E-state index contributed by atoms with van der Waals surface area (Å²) < 4.78 is 0. The van der Waals surface area contributed by atoms with E-state index >= 15 is 0 Å². The third-order valence-corrected chi connectivity index (χ3v) is 2.74. The van der Waals surface area contributed by atoms with E-state index in [9.17, 15) is 0 Å². The van der Waals surface area contributed by atoms with Crippen molar-refractivity contribution in [1.82, 2.24) is 10.3 Å². The molecular weight excluding hydrogens is 210 g/mol. The summed E-state index contributed by atoms with van der Waals surface area (Å²) in [5.41, 5.74) is 2.13. The van der Waals surface area contributed by atoms with Crippen molar-refractivity contribution < 1.29 is 0 Å². The molecule has 0 amide bonds. The van der Waals surface area contributed by atoms with E-state index in [4.69, 9.17) is 0 Å². The molecule has 92 valence electrons. The van der Waals surface area contributed by atoms with Crippen molar-refractivity contribution in [3.63, 3.8) is 0 Å². The number of nitrogens with one attached hydrogen (secondary N) is 1. The van der Waals surface area contributed by atoms with E-state index in [-0.39, 0.29) is 0 Å². The number of hydrogen-bond acceptors (Lipinski definition) is 3.